The number of imidazole rings is 1. The number of nitrogens with one attached hydrogen (secondary N) is 2. The molecule has 0 bridgehead atoms. The van der Waals surface area contributed by atoms with Gasteiger partial charge in [0.25, 0.3) is 5.91 Å². The Morgan fingerprint density at radius 2 is 2.19 bits per heavy atom. The lowest BCUT2D eigenvalue weighted by atomic mass is 10.3. The van der Waals surface area contributed by atoms with E-state index in [0.29, 0.717) is 24.5 Å². The molecule has 2 aromatic heterocycles. The van der Waals surface area contributed by atoms with Crippen molar-refractivity contribution in [3.8, 4) is 0 Å². The minimum Gasteiger partial charge on any atom is -0.352 e. The topological polar surface area (TPSA) is 78.7 Å². The van der Waals surface area contributed by atoms with Crippen molar-refractivity contribution in [3.05, 3.63) is 35.0 Å². The quantitative estimate of drug-likeness (QED) is 0.705. The van der Waals surface area contributed by atoms with Crippen LogP contribution < -0.4 is 10.6 Å². The molecule has 4 rings (SSSR count). The number of halogens is 2. The smallest absolute Gasteiger partial charge is 0.258 e. The van der Waals surface area contributed by atoms with Crippen molar-refractivity contribution in [2.45, 2.75) is 11.4 Å². The Bertz CT molecular complexity index is 870. The van der Waals surface area contributed by atoms with Crippen LogP contribution in [0.1, 0.15) is 12.1 Å². The second-order valence-corrected chi connectivity index (χ2v) is 7.08. The second kappa shape index (κ2) is 9.45. The molecule has 2 N–H and O–H groups in total. The Kier molecular flexibility index (Phi) is 7.55. The lowest BCUT2D eigenvalue weighted by Crippen LogP contribution is -2.48. The van der Waals surface area contributed by atoms with E-state index in [9.17, 15) is 9.59 Å². The van der Waals surface area contributed by atoms with Crippen molar-refractivity contribution >= 4 is 60.1 Å². The van der Waals surface area contributed by atoms with Crippen LogP contribution in [0.3, 0.4) is 0 Å². The molecule has 1 fully saturated rings. The van der Waals surface area contributed by atoms with Crippen LogP contribution in [0.2, 0.25) is 0 Å². The Morgan fingerprint density at radius 3 is 3.00 bits per heavy atom. The van der Waals surface area contributed by atoms with Crippen LogP contribution in [-0.4, -0.2) is 58.8 Å². The van der Waals surface area contributed by atoms with Crippen LogP contribution in [0.5, 0.6) is 0 Å². The number of nitrogens with zero attached hydrogens (tertiary/aromatic N) is 3. The van der Waals surface area contributed by atoms with Gasteiger partial charge in [0.15, 0.2) is 0 Å². The lowest BCUT2D eigenvalue weighted by molar-refractivity contribution is -0.131. The number of piperazine rings is 1. The maximum atomic E-state index is 12.4. The van der Waals surface area contributed by atoms with Crippen molar-refractivity contribution in [2.75, 3.05) is 32.7 Å². The highest BCUT2D eigenvalue weighted by Gasteiger charge is 2.20. The third kappa shape index (κ3) is 4.57. The Hall–Kier alpha value is -1.74. The summed E-state index contributed by atoms with van der Waals surface area (Å²) in [5, 5.41) is 6.99. The average Bonchev–Trinajstić information content (AvgIpc) is 3.05. The highest BCUT2D eigenvalue weighted by atomic mass is 35.5. The zero-order chi connectivity index (χ0) is 17.2. The van der Waals surface area contributed by atoms with E-state index in [4.69, 9.17) is 0 Å². The Morgan fingerprint density at radius 1 is 1.33 bits per heavy atom. The van der Waals surface area contributed by atoms with Gasteiger partial charge < -0.3 is 15.5 Å². The molecule has 2 aromatic rings. The van der Waals surface area contributed by atoms with Crippen LogP contribution in [0.4, 0.5) is 0 Å². The summed E-state index contributed by atoms with van der Waals surface area (Å²) in [6.45, 7) is 3.22. The zero-order valence-corrected chi connectivity index (χ0v) is 17.0. The second-order valence-electron chi connectivity index (χ2n) is 6.02. The molecule has 2 amide bonds. The summed E-state index contributed by atoms with van der Waals surface area (Å²) in [5.74, 6) is 0.0468. The summed E-state index contributed by atoms with van der Waals surface area (Å²) in [6.07, 6.45) is 4.40. The first-order valence-electron chi connectivity index (χ1n) is 8.35. The number of hydrogen-bond donors (Lipinski definition) is 2. The molecule has 0 saturated carbocycles. The van der Waals surface area contributed by atoms with E-state index < -0.39 is 0 Å². The molecule has 0 spiro atoms. The number of pyridine rings is 1. The van der Waals surface area contributed by atoms with Gasteiger partial charge in [-0.05, 0) is 24.6 Å². The molecule has 2 aliphatic heterocycles. The van der Waals surface area contributed by atoms with Crippen molar-refractivity contribution in [3.63, 3.8) is 0 Å². The molecule has 4 heterocycles. The van der Waals surface area contributed by atoms with Crippen LogP contribution in [0.25, 0.3) is 11.7 Å². The van der Waals surface area contributed by atoms with Gasteiger partial charge in [-0.2, -0.15) is 0 Å². The predicted molar refractivity (Wildman–Crippen MR) is 111 cm³/mol. The Labute approximate surface area is 173 Å². The fourth-order valence-corrected chi connectivity index (χ4v) is 4.05. The molecular formula is C17H21Cl2N5O2S. The van der Waals surface area contributed by atoms with Gasteiger partial charge in [-0.25, -0.2) is 4.98 Å². The standard InChI is InChI=1S/C17H19N5O2S.2ClH/c23-15-11-18-6-8-21(15)7-2-5-19-17(24)13-9-12-10-20-14-3-1-4-16(25-13)22(12)14;;/h1,3-4,9-10,18H,2,5-8,11H2,(H,19,24);2*1H. The molecule has 0 atom stereocenters. The van der Waals surface area contributed by atoms with Crippen LogP contribution in [-0.2, 0) is 9.59 Å². The van der Waals surface area contributed by atoms with Gasteiger partial charge in [0.1, 0.15) is 5.65 Å². The number of rotatable bonds is 5. The molecule has 0 aromatic carbocycles. The molecular weight excluding hydrogens is 409 g/mol. The molecule has 0 unspecified atom stereocenters. The van der Waals surface area contributed by atoms with Crippen molar-refractivity contribution in [2.24, 2.45) is 0 Å². The maximum absolute atomic E-state index is 12.4. The van der Waals surface area contributed by atoms with E-state index in [2.05, 4.69) is 15.6 Å². The van der Waals surface area contributed by atoms with E-state index in [0.717, 1.165) is 35.9 Å². The molecule has 27 heavy (non-hydrogen) atoms. The predicted octanol–water partition coefficient (Wildman–Crippen LogP) is 1.56. The Balaban J connectivity index is 0.00000131. The molecule has 0 aliphatic carbocycles. The molecule has 146 valence electrons. The van der Waals surface area contributed by atoms with Gasteiger partial charge in [-0.3, -0.25) is 14.0 Å². The average molecular weight is 430 g/mol. The summed E-state index contributed by atoms with van der Waals surface area (Å²) in [7, 11) is 0. The highest BCUT2D eigenvalue weighted by molar-refractivity contribution is 8.04. The first kappa shape index (κ1) is 21.6. The number of carbonyl (C=O) groups is 2. The highest BCUT2D eigenvalue weighted by Crippen LogP contribution is 2.34. The van der Waals surface area contributed by atoms with Crippen molar-refractivity contribution in [1.29, 1.82) is 0 Å². The minimum absolute atomic E-state index is 0. The van der Waals surface area contributed by atoms with Gasteiger partial charge >= 0.3 is 0 Å². The summed E-state index contributed by atoms with van der Waals surface area (Å²) in [6, 6.07) is 5.88. The third-order valence-corrected chi connectivity index (χ3v) is 5.37. The molecule has 0 radical (unpaired) electrons. The normalized spacial score (nSPS) is 15.6. The van der Waals surface area contributed by atoms with Gasteiger partial charge in [0, 0.05) is 26.2 Å². The van der Waals surface area contributed by atoms with Gasteiger partial charge in [0.05, 0.1) is 28.4 Å². The van der Waals surface area contributed by atoms with Crippen molar-refractivity contribution < 1.29 is 9.59 Å². The van der Waals surface area contributed by atoms with E-state index in [-0.39, 0.29) is 36.6 Å². The summed E-state index contributed by atoms with van der Waals surface area (Å²) < 4.78 is 2.04. The van der Waals surface area contributed by atoms with Gasteiger partial charge in [-0.1, -0.05) is 17.8 Å². The van der Waals surface area contributed by atoms with E-state index >= 15 is 0 Å². The number of thioether (sulfide) groups is 1. The van der Waals surface area contributed by atoms with Crippen LogP contribution in [0, 0.1) is 0 Å². The first-order chi connectivity index (χ1) is 12.2. The minimum atomic E-state index is -0.0823. The van der Waals surface area contributed by atoms with Crippen LogP contribution in [0.15, 0.2) is 34.3 Å². The molecule has 7 nitrogen and oxygen atoms in total. The fraction of sp³-hybridized carbons (Fsp3) is 0.353. The number of hydrogen-bond acceptors (Lipinski definition) is 5. The third-order valence-electron chi connectivity index (χ3n) is 4.32. The van der Waals surface area contributed by atoms with E-state index in [1.54, 1.807) is 6.20 Å². The maximum Gasteiger partial charge on any atom is 0.258 e. The van der Waals surface area contributed by atoms with E-state index in [1.807, 2.05) is 33.6 Å². The largest absolute Gasteiger partial charge is 0.352 e. The SMILES string of the molecule is Cl.Cl.O=C(NCCCN1CCNCC1=O)C1=Cc2cnc3cccc(n23)S1. The summed E-state index contributed by atoms with van der Waals surface area (Å²) >= 11 is 1.45. The van der Waals surface area contributed by atoms with Crippen LogP contribution >= 0.6 is 36.6 Å². The molecule has 2 aliphatic rings. The number of carbonyl (C=O) groups excluding carboxylic acids is 2. The zero-order valence-electron chi connectivity index (χ0n) is 14.5. The lowest BCUT2D eigenvalue weighted by Gasteiger charge is -2.27. The monoisotopic (exact) mass is 429 g/mol. The molecule has 1 saturated heterocycles. The van der Waals surface area contributed by atoms with Gasteiger partial charge in [0.2, 0.25) is 5.91 Å². The van der Waals surface area contributed by atoms with Gasteiger partial charge in [-0.15, -0.1) is 24.8 Å². The number of aromatic nitrogens is 2. The summed E-state index contributed by atoms with van der Waals surface area (Å²) in [5.41, 5.74) is 1.80. The molecule has 10 heteroatoms. The fourth-order valence-electron chi connectivity index (χ4n) is 3.04. The van der Waals surface area contributed by atoms with E-state index in [1.165, 1.54) is 11.8 Å². The number of amides is 2. The van der Waals surface area contributed by atoms with Crippen molar-refractivity contribution in [1.82, 2.24) is 24.9 Å². The summed E-state index contributed by atoms with van der Waals surface area (Å²) in [4.78, 5) is 31.0. The first-order valence-corrected chi connectivity index (χ1v) is 9.17.